The first-order valence-electron chi connectivity index (χ1n) is 5.68. The third-order valence-corrected chi connectivity index (χ3v) is 4.80. The minimum absolute atomic E-state index is 0.0396. The molecule has 0 radical (unpaired) electrons. The monoisotopic (exact) mass is 292 g/mol. The number of nitrogens with one attached hydrogen (secondary N) is 2. The number of H-pyrrole nitrogens is 1. The van der Waals surface area contributed by atoms with Crippen LogP contribution in [-0.2, 0) is 10.0 Å². The fourth-order valence-electron chi connectivity index (χ4n) is 1.38. The summed E-state index contributed by atoms with van der Waals surface area (Å²) in [7, 11) is -3.66. The average molecular weight is 293 g/mol. The van der Waals surface area contributed by atoms with Crippen LogP contribution in [0.5, 0.6) is 0 Å². The maximum absolute atomic E-state index is 12.0. The van der Waals surface area contributed by atoms with Crippen LogP contribution in [0, 0.1) is 5.92 Å². The van der Waals surface area contributed by atoms with Gasteiger partial charge < -0.3 is 4.98 Å². The molecule has 0 aliphatic carbocycles. The summed E-state index contributed by atoms with van der Waals surface area (Å²) in [6.45, 7) is 5.76. The lowest BCUT2D eigenvalue weighted by Gasteiger charge is -2.19. The van der Waals surface area contributed by atoms with Crippen molar-refractivity contribution in [3.8, 4) is 0 Å². The van der Waals surface area contributed by atoms with Crippen LogP contribution < -0.4 is 10.3 Å². The first-order valence-corrected chi connectivity index (χ1v) is 7.54. The predicted molar refractivity (Wildman–Crippen MR) is 71.3 cm³/mol. The van der Waals surface area contributed by atoms with E-state index < -0.39 is 15.6 Å². The van der Waals surface area contributed by atoms with Gasteiger partial charge in [-0.1, -0.05) is 31.9 Å². The van der Waals surface area contributed by atoms with Crippen LogP contribution in [-0.4, -0.2) is 19.4 Å². The quantitative estimate of drug-likeness (QED) is 0.867. The van der Waals surface area contributed by atoms with E-state index in [0.29, 0.717) is 0 Å². The molecule has 0 saturated heterocycles. The molecule has 7 heteroatoms. The predicted octanol–water partition coefficient (Wildman–Crippen LogP) is 1.74. The molecule has 0 spiro atoms. The lowest BCUT2D eigenvalue weighted by Crippen LogP contribution is -2.37. The third kappa shape index (κ3) is 3.57. The van der Waals surface area contributed by atoms with E-state index >= 15 is 0 Å². The molecule has 0 saturated carbocycles. The molecule has 18 heavy (non-hydrogen) atoms. The molecule has 1 rings (SSSR count). The number of pyridine rings is 1. The summed E-state index contributed by atoms with van der Waals surface area (Å²) in [6, 6.07) is 0.956. The van der Waals surface area contributed by atoms with E-state index in [1.807, 2.05) is 13.8 Å². The van der Waals surface area contributed by atoms with E-state index in [-0.39, 0.29) is 21.9 Å². The molecule has 1 heterocycles. The fourth-order valence-corrected chi connectivity index (χ4v) is 2.96. The smallest absolute Gasteiger partial charge is 0.266 e. The molecule has 5 nitrogen and oxygen atoms in total. The second-order valence-electron chi connectivity index (χ2n) is 4.31. The Balaban J connectivity index is 3.00. The number of halogens is 1. The summed E-state index contributed by atoms with van der Waals surface area (Å²) in [6.07, 6.45) is 2.01. The zero-order chi connectivity index (χ0) is 13.9. The van der Waals surface area contributed by atoms with Gasteiger partial charge in [0.25, 0.3) is 5.56 Å². The van der Waals surface area contributed by atoms with Crippen molar-refractivity contribution in [1.29, 1.82) is 0 Å². The van der Waals surface area contributed by atoms with E-state index in [1.165, 1.54) is 0 Å². The molecule has 0 bridgehead atoms. The Morgan fingerprint density at radius 2 is 2.06 bits per heavy atom. The minimum atomic E-state index is -3.66. The Hall–Kier alpha value is -0.850. The van der Waals surface area contributed by atoms with Crippen molar-refractivity contribution in [2.45, 2.75) is 38.1 Å². The Morgan fingerprint density at radius 1 is 1.44 bits per heavy atom. The van der Waals surface area contributed by atoms with Gasteiger partial charge in [-0.25, -0.2) is 13.1 Å². The van der Waals surface area contributed by atoms with Gasteiger partial charge in [-0.3, -0.25) is 4.79 Å². The van der Waals surface area contributed by atoms with E-state index in [9.17, 15) is 13.2 Å². The summed E-state index contributed by atoms with van der Waals surface area (Å²) in [4.78, 5) is 13.3. The maximum atomic E-state index is 12.0. The maximum Gasteiger partial charge on any atom is 0.266 e. The fraction of sp³-hybridized carbons (Fsp3) is 0.545. The lowest BCUT2D eigenvalue weighted by molar-refractivity contribution is 0.434. The first-order chi connectivity index (χ1) is 8.27. The number of hydrogen-bond acceptors (Lipinski definition) is 3. The zero-order valence-corrected chi connectivity index (χ0v) is 12.1. The first kappa shape index (κ1) is 15.2. The topological polar surface area (TPSA) is 79.0 Å². The van der Waals surface area contributed by atoms with E-state index in [2.05, 4.69) is 9.71 Å². The normalized spacial score (nSPS) is 15.3. The van der Waals surface area contributed by atoms with Gasteiger partial charge >= 0.3 is 0 Å². The van der Waals surface area contributed by atoms with Crippen molar-refractivity contribution >= 4 is 21.6 Å². The molecular weight excluding hydrogens is 276 g/mol. The summed E-state index contributed by atoms with van der Waals surface area (Å²) in [5.74, 6) is 0.220. The summed E-state index contributed by atoms with van der Waals surface area (Å²) >= 11 is 5.61. The second-order valence-corrected chi connectivity index (χ2v) is 6.43. The van der Waals surface area contributed by atoms with E-state index in [0.717, 1.165) is 18.7 Å². The van der Waals surface area contributed by atoms with Gasteiger partial charge in [-0.15, -0.1) is 0 Å². The molecule has 1 aromatic heterocycles. The van der Waals surface area contributed by atoms with Crippen molar-refractivity contribution in [3.63, 3.8) is 0 Å². The Kier molecular flexibility index (Phi) is 4.95. The molecule has 0 aliphatic heterocycles. The number of aromatic amines is 1. The van der Waals surface area contributed by atoms with Crippen molar-refractivity contribution in [1.82, 2.24) is 9.71 Å². The van der Waals surface area contributed by atoms with Gasteiger partial charge in [0.1, 0.15) is 5.02 Å². The van der Waals surface area contributed by atoms with Gasteiger partial charge in [0, 0.05) is 12.2 Å². The molecule has 0 fully saturated rings. The van der Waals surface area contributed by atoms with Gasteiger partial charge in [-0.2, -0.15) is 0 Å². The van der Waals surface area contributed by atoms with E-state index in [1.54, 1.807) is 6.92 Å². The van der Waals surface area contributed by atoms with Crippen LogP contribution in [0.15, 0.2) is 22.0 Å². The molecule has 2 unspecified atom stereocenters. The number of hydrogen-bond donors (Lipinski definition) is 2. The molecule has 2 N–H and O–H groups in total. The molecule has 2 atom stereocenters. The highest BCUT2D eigenvalue weighted by atomic mass is 35.5. The summed E-state index contributed by atoms with van der Waals surface area (Å²) in [5.41, 5.74) is -0.509. The van der Waals surface area contributed by atoms with Crippen LogP contribution in [0.3, 0.4) is 0 Å². The van der Waals surface area contributed by atoms with Crippen molar-refractivity contribution in [3.05, 3.63) is 27.6 Å². The molecule has 1 aromatic rings. The molecule has 0 aliphatic rings. The number of aromatic nitrogens is 1. The SMILES string of the molecule is CCC(C)C(C)NS(=O)(=O)c1c[nH]c(=O)c(Cl)c1. The second kappa shape index (κ2) is 5.86. The highest BCUT2D eigenvalue weighted by Gasteiger charge is 2.21. The third-order valence-electron chi connectivity index (χ3n) is 2.98. The molecule has 0 aromatic carbocycles. The average Bonchev–Trinajstić information content (AvgIpc) is 2.30. The van der Waals surface area contributed by atoms with Crippen LogP contribution in [0.2, 0.25) is 5.02 Å². The van der Waals surface area contributed by atoms with Crippen LogP contribution >= 0.6 is 11.6 Å². The standard InChI is InChI=1S/C11H17ClN2O3S/c1-4-7(2)8(3)14-18(16,17)9-5-10(12)11(15)13-6-9/h5-8,14H,4H2,1-3H3,(H,13,15). The van der Waals surface area contributed by atoms with Gasteiger partial charge in [0.15, 0.2) is 0 Å². The summed E-state index contributed by atoms with van der Waals surface area (Å²) < 4.78 is 26.6. The molecule has 0 amide bonds. The van der Waals surface area contributed by atoms with Crippen LogP contribution in [0.25, 0.3) is 0 Å². The Labute approximate surface area is 112 Å². The van der Waals surface area contributed by atoms with Crippen LogP contribution in [0.4, 0.5) is 0 Å². The largest absolute Gasteiger partial charge is 0.326 e. The summed E-state index contributed by atoms with van der Waals surface area (Å²) in [5, 5.41) is -0.144. The molecule has 102 valence electrons. The Bertz CT molecular complexity index is 568. The van der Waals surface area contributed by atoms with Gasteiger partial charge in [0.2, 0.25) is 10.0 Å². The Morgan fingerprint density at radius 3 is 2.56 bits per heavy atom. The van der Waals surface area contributed by atoms with Crippen molar-refractivity contribution in [2.75, 3.05) is 0 Å². The number of rotatable bonds is 5. The molecular formula is C11H17ClN2O3S. The number of sulfonamides is 1. The minimum Gasteiger partial charge on any atom is -0.326 e. The van der Waals surface area contributed by atoms with Crippen LogP contribution in [0.1, 0.15) is 27.2 Å². The van der Waals surface area contributed by atoms with Gasteiger partial charge in [-0.05, 0) is 18.9 Å². The van der Waals surface area contributed by atoms with Crippen molar-refractivity contribution in [2.24, 2.45) is 5.92 Å². The lowest BCUT2D eigenvalue weighted by atomic mass is 10.0. The van der Waals surface area contributed by atoms with Gasteiger partial charge in [0.05, 0.1) is 4.90 Å². The van der Waals surface area contributed by atoms with Crippen molar-refractivity contribution < 1.29 is 8.42 Å². The highest BCUT2D eigenvalue weighted by molar-refractivity contribution is 7.89. The highest BCUT2D eigenvalue weighted by Crippen LogP contribution is 2.14. The van der Waals surface area contributed by atoms with E-state index in [4.69, 9.17) is 11.6 Å². The zero-order valence-electron chi connectivity index (χ0n) is 10.5.